The van der Waals surface area contributed by atoms with Gasteiger partial charge in [0, 0.05) is 32.2 Å². The fourth-order valence-electron chi connectivity index (χ4n) is 2.39. The number of aromatic amines is 1. The molecule has 0 bridgehead atoms. The maximum atomic E-state index is 3.34. The number of nitrogens with one attached hydrogen (secondary N) is 1. The molecule has 4 aromatic rings. The molecule has 2 aromatic carbocycles. The largest absolute Gasteiger partial charge is 0.361 e. The van der Waals surface area contributed by atoms with Crippen LogP contribution in [0.3, 0.4) is 0 Å². The fraction of sp³-hybridized carbons (Fsp3) is 0. The van der Waals surface area contributed by atoms with E-state index in [-0.39, 0.29) is 0 Å². The highest BCUT2D eigenvalue weighted by atomic mass is 32.1. The summed E-state index contributed by atoms with van der Waals surface area (Å²) in [5.41, 5.74) is 2.50. The van der Waals surface area contributed by atoms with E-state index in [4.69, 9.17) is 0 Å². The monoisotopic (exact) mass is 249 g/mol. The van der Waals surface area contributed by atoms with Crippen LogP contribution in [0, 0.1) is 0 Å². The second-order valence-electron chi connectivity index (χ2n) is 4.40. The van der Waals surface area contributed by atoms with Gasteiger partial charge in [-0.15, -0.1) is 11.3 Å². The van der Waals surface area contributed by atoms with Crippen molar-refractivity contribution in [2.24, 2.45) is 0 Å². The Labute approximate surface area is 109 Å². The zero-order valence-corrected chi connectivity index (χ0v) is 10.5. The van der Waals surface area contributed by atoms with E-state index in [1.165, 1.54) is 31.4 Å². The minimum absolute atomic E-state index is 1.20. The summed E-state index contributed by atoms with van der Waals surface area (Å²) in [6.45, 7) is 0. The number of thiophene rings is 1. The molecule has 0 aliphatic heterocycles. The first kappa shape index (κ1) is 9.92. The minimum atomic E-state index is 1.20. The number of hydrogen-bond acceptors (Lipinski definition) is 1. The Hall–Kier alpha value is -2.06. The molecule has 2 aromatic heterocycles. The first-order valence-electron chi connectivity index (χ1n) is 5.97. The van der Waals surface area contributed by atoms with Crippen molar-refractivity contribution >= 4 is 32.3 Å². The van der Waals surface area contributed by atoms with E-state index in [0.29, 0.717) is 0 Å². The Bertz CT molecular complexity index is 805. The highest BCUT2D eigenvalue weighted by Crippen LogP contribution is 2.36. The van der Waals surface area contributed by atoms with Crippen LogP contribution in [0.15, 0.2) is 60.8 Å². The van der Waals surface area contributed by atoms with Crippen LogP contribution in [0.4, 0.5) is 0 Å². The SMILES string of the molecule is c1ccc2sc(-c3c[nH]c4ccccc34)cc2c1. The number of fused-ring (bicyclic) bond motifs is 2. The van der Waals surface area contributed by atoms with Gasteiger partial charge in [-0.05, 0) is 23.6 Å². The second-order valence-corrected chi connectivity index (χ2v) is 5.48. The predicted octanol–water partition coefficient (Wildman–Crippen LogP) is 5.05. The molecule has 0 fully saturated rings. The Morgan fingerprint density at radius 3 is 2.67 bits per heavy atom. The summed E-state index contributed by atoms with van der Waals surface area (Å²) in [6.07, 6.45) is 2.11. The molecule has 0 aliphatic carbocycles. The minimum Gasteiger partial charge on any atom is -0.361 e. The highest BCUT2D eigenvalue weighted by Gasteiger charge is 2.08. The third-order valence-corrected chi connectivity index (χ3v) is 4.43. The fourth-order valence-corrected chi connectivity index (χ4v) is 3.48. The Kier molecular flexibility index (Phi) is 2.05. The molecule has 0 radical (unpaired) electrons. The van der Waals surface area contributed by atoms with Gasteiger partial charge in [-0.25, -0.2) is 0 Å². The van der Waals surface area contributed by atoms with Crippen molar-refractivity contribution in [2.75, 3.05) is 0 Å². The lowest BCUT2D eigenvalue weighted by molar-refractivity contribution is 1.48. The summed E-state index contributed by atoms with van der Waals surface area (Å²) in [5, 5.41) is 2.62. The van der Waals surface area contributed by atoms with Gasteiger partial charge in [-0.1, -0.05) is 36.4 Å². The standard InChI is InChI=1S/C16H11NS/c1-4-8-15-11(5-1)9-16(18-15)13-10-17-14-7-3-2-6-12(13)14/h1-10,17H. The van der Waals surface area contributed by atoms with Gasteiger partial charge >= 0.3 is 0 Å². The number of H-pyrrole nitrogens is 1. The highest BCUT2D eigenvalue weighted by molar-refractivity contribution is 7.22. The van der Waals surface area contributed by atoms with Gasteiger partial charge in [0.05, 0.1) is 0 Å². The molecule has 0 aliphatic rings. The molecule has 0 saturated heterocycles. The average molecular weight is 249 g/mol. The lowest BCUT2D eigenvalue weighted by atomic mass is 10.1. The molecule has 1 nitrogen and oxygen atoms in total. The van der Waals surface area contributed by atoms with E-state index >= 15 is 0 Å². The molecular formula is C16H11NS. The first-order chi connectivity index (χ1) is 8.92. The molecule has 0 spiro atoms. The van der Waals surface area contributed by atoms with Gasteiger partial charge in [-0.2, -0.15) is 0 Å². The van der Waals surface area contributed by atoms with Crippen LogP contribution in [0.25, 0.3) is 31.4 Å². The Balaban J connectivity index is 2.01. The molecule has 86 valence electrons. The van der Waals surface area contributed by atoms with E-state index in [9.17, 15) is 0 Å². The Morgan fingerprint density at radius 2 is 1.72 bits per heavy atom. The zero-order valence-electron chi connectivity index (χ0n) is 9.68. The van der Waals surface area contributed by atoms with Gasteiger partial charge in [0.1, 0.15) is 0 Å². The molecule has 0 saturated carbocycles. The molecular weight excluding hydrogens is 238 g/mol. The summed E-state index contributed by atoms with van der Waals surface area (Å²) in [6, 6.07) is 19.3. The molecule has 2 heterocycles. The van der Waals surface area contributed by atoms with Crippen LogP contribution >= 0.6 is 11.3 Å². The van der Waals surface area contributed by atoms with Crippen molar-refractivity contribution in [2.45, 2.75) is 0 Å². The predicted molar refractivity (Wildman–Crippen MR) is 79.1 cm³/mol. The quantitative estimate of drug-likeness (QED) is 0.486. The second kappa shape index (κ2) is 3.72. The number of hydrogen-bond donors (Lipinski definition) is 1. The summed E-state index contributed by atoms with van der Waals surface area (Å²) in [5.74, 6) is 0. The van der Waals surface area contributed by atoms with E-state index in [1.807, 2.05) is 11.3 Å². The number of rotatable bonds is 1. The topological polar surface area (TPSA) is 15.8 Å². The smallest absolute Gasteiger partial charge is 0.0460 e. The molecule has 4 rings (SSSR count). The third-order valence-electron chi connectivity index (χ3n) is 3.28. The van der Waals surface area contributed by atoms with E-state index in [2.05, 4.69) is 65.8 Å². The van der Waals surface area contributed by atoms with Gasteiger partial charge in [-0.3, -0.25) is 0 Å². The van der Waals surface area contributed by atoms with Gasteiger partial charge in [0.2, 0.25) is 0 Å². The zero-order chi connectivity index (χ0) is 11.9. The van der Waals surface area contributed by atoms with Crippen molar-refractivity contribution in [3.8, 4) is 10.4 Å². The van der Waals surface area contributed by atoms with Crippen LogP contribution in [0.2, 0.25) is 0 Å². The van der Waals surface area contributed by atoms with Crippen LogP contribution in [-0.4, -0.2) is 4.98 Å². The number of para-hydroxylation sites is 1. The van der Waals surface area contributed by atoms with E-state index in [0.717, 1.165) is 0 Å². The molecule has 0 atom stereocenters. The van der Waals surface area contributed by atoms with E-state index < -0.39 is 0 Å². The van der Waals surface area contributed by atoms with Crippen molar-refractivity contribution in [3.05, 3.63) is 60.8 Å². The first-order valence-corrected chi connectivity index (χ1v) is 6.78. The molecule has 18 heavy (non-hydrogen) atoms. The number of benzene rings is 2. The van der Waals surface area contributed by atoms with Crippen molar-refractivity contribution in [1.29, 1.82) is 0 Å². The van der Waals surface area contributed by atoms with Crippen LogP contribution < -0.4 is 0 Å². The van der Waals surface area contributed by atoms with Crippen LogP contribution in [0.1, 0.15) is 0 Å². The maximum absolute atomic E-state index is 3.34. The summed E-state index contributed by atoms with van der Waals surface area (Å²) < 4.78 is 1.35. The average Bonchev–Trinajstić information content (AvgIpc) is 3.02. The number of aromatic nitrogens is 1. The van der Waals surface area contributed by atoms with Crippen molar-refractivity contribution < 1.29 is 0 Å². The molecule has 1 N–H and O–H groups in total. The normalized spacial score (nSPS) is 11.3. The lowest BCUT2D eigenvalue weighted by Gasteiger charge is -1.93. The lowest BCUT2D eigenvalue weighted by Crippen LogP contribution is -1.67. The Morgan fingerprint density at radius 1 is 0.889 bits per heavy atom. The molecule has 0 amide bonds. The van der Waals surface area contributed by atoms with Crippen molar-refractivity contribution in [3.63, 3.8) is 0 Å². The summed E-state index contributed by atoms with van der Waals surface area (Å²) >= 11 is 1.85. The van der Waals surface area contributed by atoms with Crippen LogP contribution in [-0.2, 0) is 0 Å². The third kappa shape index (κ3) is 1.39. The van der Waals surface area contributed by atoms with Gasteiger partial charge in [0.15, 0.2) is 0 Å². The molecule has 2 heteroatoms. The van der Waals surface area contributed by atoms with E-state index in [1.54, 1.807) is 0 Å². The van der Waals surface area contributed by atoms with Gasteiger partial charge < -0.3 is 4.98 Å². The van der Waals surface area contributed by atoms with Crippen LogP contribution in [0.5, 0.6) is 0 Å². The maximum Gasteiger partial charge on any atom is 0.0460 e. The summed E-state index contributed by atoms with van der Waals surface area (Å²) in [7, 11) is 0. The van der Waals surface area contributed by atoms with Gasteiger partial charge in [0.25, 0.3) is 0 Å². The van der Waals surface area contributed by atoms with Crippen molar-refractivity contribution in [1.82, 2.24) is 4.98 Å². The molecule has 0 unspecified atom stereocenters. The summed E-state index contributed by atoms with van der Waals surface area (Å²) in [4.78, 5) is 4.67.